The molecule has 5 nitrogen and oxygen atoms in total. The molecule has 0 aliphatic rings. The summed E-state index contributed by atoms with van der Waals surface area (Å²) in [5.41, 5.74) is 6.65. The molecule has 0 bridgehead atoms. The third-order valence-corrected chi connectivity index (χ3v) is 4.20. The topological polar surface area (TPSA) is 98.2 Å². The number of nitrogens with two attached hydrogens (primary N) is 2. The van der Waals surface area contributed by atoms with Crippen LogP contribution in [0.15, 0.2) is 23.1 Å². The summed E-state index contributed by atoms with van der Waals surface area (Å²) >= 11 is 0. The van der Waals surface area contributed by atoms with Crippen LogP contribution in [0.4, 0.5) is 11.4 Å². The lowest BCUT2D eigenvalue weighted by Crippen LogP contribution is -2.20. The van der Waals surface area contributed by atoms with Gasteiger partial charge in [-0.2, -0.15) is 0 Å². The van der Waals surface area contributed by atoms with Crippen molar-refractivity contribution >= 4 is 21.4 Å². The first-order valence-electron chi connectivity index (χ1n) is 6.43. The third kappa shape index (κ3) is 4.40. The molecule has 1 rings (SSSR count). The van der Waals surface area contributed by atoms with Gasteiger partial charge in [-0.25, -0.2) is 13.6 Å². The number of nitrogen functional groups attached to an aromatic ring is 1. The SMILES string of the molecule is CCC(C)CC(C)Nc1cccc(S(N)(=O)=O)c1N. The Morgan fingerprint density at radius 2 is 1.95 bits per heavy atom. The van der Waals surface area contributed by atoms with Gasteiger partial charge in [-0.1, -0.05) is 26.3 Å². The van der Waals surface area contributed by atoms with E-state index in [1.54, 1.807) is 12.1 Å². The van der Waals surface area contributed by atoms with Crippen LogP contribution >= 0.6 is 0 Å². The van der Waals surface area contributed by atoms with Crippen LogP contribution in [0.2, 0.25) is 0 Å². The highest BCUT2D eigenvalue weighted by Gasteiger charge is 2.16. The van der Waals surface area contributed by atoms with E-state index in [0.717, 1.165) is 12.8 Å². The van der Waals surface area contributed by atoms with Crippen LogP contribution in [0.5, 0.6) is 0 Å². The van der Waals surface area contributed by atoms with E-state index >= 15 is 0 Å². The Bertz CT molecular complexity index is 529. The van der Waals surface area contributed by atoms with Gasteiger partial charge in [0.15, 0.2) is 0 Å². The van der Waals surface area contributed by atoms with E-state index in [-0.39, 0.29) is 16.6 Å². The Labute approximate surface area is 115 Å². The molecule has 2 atom stereocenters. The van der Waals surface area contributed by atoms with E-state index in [1.807, 2.05) is 0 Å². The van der Waals surface area contributed by atoms with Gasteiger partial charge >= 0.3 is 0 Å². The van der Waals surface area contributed by atoms with Crippen molar-refractivity contribution < 1.29 is 8.42 Å². The maximum Gasteiger partial charge on any atom is 0.240 e. The van der Waals surface area contributed by atoms with Gasteiger partial charge < -0.3 is 11.1 Å². The van der Waals surface area contributed by atoms with E-state index in [4.69, 9.17) is 10.9 Å². The normalized spacial score (nSPS) is 14.9. The zero-order valence-electron chi connectivity index (χ0n) is 11.7. The Morgan fingerprint density at radius 1 is 1.32 bits per heavy atom. The predicted octanol–water partition coefficient (Wildman–Crippen LogP) is 2.15. The zero-order chi connectivity index (χ0) is 14.6. The van der Waals surface area contributed by atoms with Gasteiger partial charge in [0.05, 0.1) is 11.4 Å². The lowest BCUT2D eigenvalue weighted by Gasteiger charge is -2.20. The average Bonchev–Trinajstić information content (AvgIpc) is 2.30. The Balaban J connectivity index is 2.91. The Hall–Kier alpha value is -1.27. The summed E-state index contributed by atoms with van der Waals surface area (Å²) < 4.78 is 22.8. The van der Waals surface area contributed by atoms with Crippen LogP contribution in [0.25, 0.3) is 0 Å². The second-order valence-corrected chi connectivity index (χ2v) is 6.59. The molecule has 1 aromatic rings. The Morgan fingerprint density at radius 3 is 2.47 bits per heavy atom. The summed E-state index contributed by atoms with van der Waals surface area (Å²) in [5.74, 6) is 0.602. The lowest BCUT2D eigenvalue weighted by molar-refractivity contribution is 0.484. The quantitative estimate of drug-likeness (QED) is 0.697. The van der Waals surface area contributed by atoms with Gasteiger partial charge in [-0.3, -0.25) is 0 Å². The summed E-state index contributed by atoms with van der Waals surface area (Å²) in [6.45, 7) is 6.38. The van der Waals surface area contributed by atoms with Crippen LogP contribution in [0, 0.1) is 5.92 Å². The number of anilines is 2. The maximum absolute atomic E-state index is 11.4. The minimum atomic E-state index is -3.78. The number of benzene rings is 1. The predicted molar refractivity (Wildman–Crippen MR) is 79.4 cm³/mol. The minimum Gasteiger partial charge on any atom is -0.396 e. The van der Waals surface area contributed by atoms with Crippen LogP contribution in [0.3, 0.4) is 0 Å². The molecule has 0 saturated carbocycles. The van der Waals surface area contributed by atoms with Crippen molar-refractivity contribution in [2.45, 2.75) is 44.6 Å². The summed E-state index contributed by atoms with van der Waals surface area (Å²) in [5, 5.41) is 8.37. The molecule has 1 aromatic carbocycles. The fourth-order valence-corrected chi connectivity index (χ4v) is 2.70. The monoisotopic (exact) mass is 285 g/mol. The van der Waals surface area contributed by atoms with E-state index in [1.165, 1.54) is 6.07 Å². The van der Waals surface area contributed by atoms with Crippen molar-refractivity contribution in [1.29, 1.82) is 0 Å². The van der Waals surface area contributed by atoms with Crippen LogP contribution < -0.4 is 16.2 Å². The second kappa shape index (κ2) is 6.25. The molecule has 0 saturated heterocycles. The van der Waals surface area contributed by atoms with Gasteiger partial charge in [0, 0.05) is 6.04 Å². The fourth-order valence-electron chi connectivity index (χ4n) is 2.01. The van der Waals surface area contributed by atoms with Crippen LogP contribution in [-0.2, 0) is 10.0 Å². The molecule has 5 N–H and O–H groups in total. The smallest absolute Gasteiger partial charge is 0.240 e. The van der Waals surface area contributed by atoms with Crippen molar-refractivity contribution in [1.82, 2.24) is 0 Å². The first kappa shape index (κ1) is 15.8. The summed E-state index contributed by atoms with van der Waals surface area (Å²) in [6, 6.07) is 5.02. The number of hydrogen-bond donors (Lipinski definition) is 3. The fraction of sp³-hybridized carbons (Fsp3) is 0.538. The molecule has 0 spiro atoms. The molecular weight excluding hydrogens is 262 g/mol. The molecule has 6 heteroatoms. The number of sulfonamides is 1. The number of nitrogens with one attached hydrogen (secondary N) is 1. The molecule has 0 aliphatic heterocycles. The molecule has 0 amide bonds. The summed E-state index contributed by atoms with van der Waals surface area (Å²) in [4.78, 5) is -0.0340. The van der Waals surface area contributed by atoms with Crippen molar-refractivity contribution in [2.75, 3.05) is 11.1 Å². The molecule has 0 fully saturated rings. The number of primary sulfonamides is 1. The van der Waals surface area contributed by atoms with Crippen molar-refractivity contribution in [3.05, 3.63) is 18.2 Å². The molecular formula is C13H23N3O2S. The maximum atomic E-state index is 11.4. The molecule has 0 radical (unpaired) electrons. The van der Waals surface area contributed by atoms with Gasteiger partial charge in [0.2, 0.25) is 10.0 Å². The third-order valence-electron chi connectivity index (χ3n) is 3.23. The van der Waals surface area contributed by atoms with Crippen molar-refractivity contribution in [3.8, 4) is 0 Å². The lowest BCUT2D eigenvalue weighted by atomic mass is 10.0. The molecule has 0 aromatic heterocycles. The highest BCUT2D eigenvalue weighted by molar-refractivity contribution is 7.89. The van der Waals surface area contributed by atoms with Crippen LogP contribution in [-0.4, -0.2) is 14.5 Å². The van der Waals surface area contributed by atoms with Gasteiger partial charge in [0.25, 0.3) is 0 Å². The largest absolute Gasteiger partial charge is 0.396 e. The Kier molecular flexibility index (Phi) is 5.20. The zero-order valence-corrected chi connectivity index (χ0v) is 12.5. The van der Waals surface area contributed by atoms with Gasteiger partial charge in [-0.05, 0) is 31.4 Å². The van der Waals surface area contributed by atoms with Gasteiger partial charge in [0.1, 0.15) is 4.90 Å². The minimum absolute atomic E-state index is 0.0340. The van der Waals surface area contributed by atoms with Crippen LogP contribution in [0.1, 0.15) is 33.6 Å². The van der Waals surface area contributed by atoms with E-state index in [0.29, 0.717) is 11.6 Å². The number of hydrogen-bond acceptors (Lipinski definition) is 4. The molecule has 19 heavy (non-hydrogen) atoms. The number of rotatable bonds is 6. The standard InChI is InChI=1S/C13H23N3O2S/c1-4-9(2)8-10(3)16-11-6-5-7-12(13(11)14)19(15,17)18/h5-7,9-10,16H,4,8,14H2,1-3H3,(H2,15,17,18). The van der Waals surface area contributed by atoms with E-state index < -0.39 is 10.0 Å². The highest BCUT2D eigenvalue weighted by atomic mass is 32.2. The average molecular weight is 285 g/mol. The summed E-state index contributed by atoms with van der Waals surface area (Å²) in [7, 11) is -3.78. The first-order valence-corrected chi connectivity index (χ1v) is 7.98. The molecule has 0 aliphatic carbocycles. The summed E-state index contributed by atoms with van der Waals surface area (Å²) in [6.07, 6.45) is 2.11. The van der Waals surface area contributed by atoms with Gasteiger partial charge in [-0.15, -0.1) is 0 Å². The highest BCUT2D eigenvalue weighted by Crippen LogP contribution is 2.27. The first-order chi connectivity index (χ1) is 8.75. The number of para-hydroxylation sites is 1. The van der Waals surface area contributed by atoms with E-state index in [9.17, 15) is 8.42 Å². The van der Waals surface area contributed by atoms with Crippen molar-refractivity contribution in [2.24, 2.45) is 11.1 Å². The molecule has 108 valence electrons. The van der Waals surface area contributed by atoms with Crippen molar-refractivity contribution in [3.63, 3.8) is 0 Å². The molecule has 0 heterocycles. The van der Waals surface area contributed by atoms with E-state index in [2.05, 4.69) is 26.1 Å². The molecule has 2 unspecified atom stereocenters. The second-order valence-electron chi connectivity index (χ2n) is 5.06.